The molecule has 3 rings (SSSR count). The van der Waals surface area contributed by atoms with Crippen LogP contribution in [0.15, 0.2) is 35.8 Å². The fraction of sp³-hybridized carbons (Fsp3) is 0.478. The van der Waals surface area contributed by atoms with E-state index in [1.807, 2.05) is 43.5 Å². The molecule has 3 N–H and O–H groups in total. The molecule has 9 heteroatoms. The van der Waals surface area contributed by atoms with Crippen molar-refractivity contribution in [1.82, 2.24) is 15.6 Å². The molecule has 2 aromatic rings. The third kappa shape index (κ3) is 5.69. The summed E-state index contributed by atoms with van der Waals surface area (Å²) in [6.07, 6.45) is 4.28. The number of thiol groups is 1. The van der Waals surface area contributed by atoms with Crippen LogP contribution in [0.2, 0.25) is 0 Å². The molecule has 0 radical (unpaired) electrons. The SMILES string of the molecule is CC(C)C(S)C(=O)NC1(C(=O)NC(Cc2ccc(-c3cccs3)nc2)C(=O)O)CCCC1. The lowest BCUT2D eigenvalue weighted by atomic mass is 9.94. The van der Waals surface area contributed by atoms with Gasteiger partial charge in [0, 0.05) is 12.6 Å². The Morgan fingerprint density at radius 1 is 1.22 bits per heavy atom. The van der Waals surface area contributed by atoms with Crippen molar-refractivity contribution in [2.75, 3.05) is 0 Å². The second kappa shape index (κ2) is 10.5. The van der Waals surface area contributed by atoms with Gasteiger partial charge in [0.2, 0.25) is 11.8 Å². The van der Waals surface area contributed by atoms with Crippen molar-refractivity contribution >= 4 is 41.7 Å². The zero-order valence-corrected chi connectivity index (χ0v) is 19.9. The number of carboxylic acid groups (broad SMARTS) is 1. The smallest absolute Gasteiger partial charge is 0.326 e. The highest BCUT2D eigenvalue weighted by Gasteiger charge is 2.44. The average molecular weight is 476 g/mol. The quantitative estimate of drug-likeness (QED) is 0.416. The van der Waals surface area contributed by atoms with Gasteiger partial charge in [-0.15, -0.1) is 11.3 Å². The molecular weight excluding hydrogens is 446 g/mol. The van der Waals surface area contributed by atoms with Gasteiger partial charge in [0.25, 0.3) is 0 Å². The molecule has 0 saturated heterocycles. The van der Waals surface area contributed by atoms with E-state index >= 15 is 0 Å². The normalized spacial score (nSPS) is 17.0. The van der Waals surface area contributed by atoms with Crippen LogP contribution in [0.4, 0.5) is 0 Å². The van der Waals surface area contributed by atoms with Gasteiger partial charge in [-0.1, -0.05) is 38.8 Å². The predicted octanol–water partition coefficient (Wildman–Crippen LogP) is 3.31. The largest absolute Gasteiger partial charge is 0.480 e. The summed E-state index contributed by atoms with van der Waals surface area (Å²) in [4.78, 5) is 43.1. The highest BCUT2D eigenvalue weighted by Crippen LogP contribution is 2.31. The summed E-state index contributed by atoms with van der Waals surface area (Å²) in [5.41, 5.74) is 0.429. The van der Waals surface area contributed by atoms with Crippen LogP contribution in [0.3, 0.4) is 0 Å². The third-order valence-electron chi connectivity index (χ3n) is 5.80. The first-order valence-electron chi connectivity index (χ1n) is 10.7. The Balaban J connectivity index is 1.70. The second-order valence-corrected chi connectivity index (χ2v) is 10.1. The van der Waals surface area contributed by atoms with E-state index in [4.69, 9.17) is 0 Å². The summed E-state index contributed by atoms with van der Waals surface area (Å²) in [5.74, 6) is -1.88. The van der Waals surface area contributed by atoms with E-state index in [0.29, 0.717) is 18.4 Å². The standard InChI is InChI=1S/C23H29N3O4S2/c1-14(2)19(31)20(27)26-23(9-3-4-10-23)22(30)25-17(21(28)29)12-15-7-8-16(24-13-15)18-6-5-11-32-18/h5-8,11,13-14,17,19,31H,3-4,9-10,12H2,1-2H3,(H,25,30)(H,26,27)(H,28,29). The van der Waals surface area contributed by atoms with E-state index in [-0.39, 0.29) is 18.2 Å². The van der Waals surface area contributed by atoms with E-state index in [1.54, 1.807) is 17.5 Å². The number of carbonyl (C=O) groups excluding carboxylic acids is 2. The maximum Gasteiger partial charge on any atom is 0.326 e. The molecule has 0 aliphatic heterocycles. The molecule has 2 aromatic heterocycles. The number of nitrogens with one attached hydrogen (secondary N) is 2. The van der Waals surface area contributed by atoms with E-state index in [9.17, 15) is 19.5 Å². The molecule has 172 valence electrons. The van der Waals surface area contributed by atoms with Crippen molar-refractivity contribution < 1.29 is 19.5 Å². The fourth-order valence-corrected chi connectivity index (χ4v) is 4.61. The molecule has 2 amide bonds. The number of rotatable bonds is 9. The Kier molecular flexibility index (Phi) is 7.95. The summed E-state index contributed by atoms with van der Waals surface area (Å²) in [6.45, 7) is 3.77. The molecule has 1 aliphatic carbocycles. The number of pyridine rings is 1. The average Bonchev–Trinajstić information content (AvgIpc) is 3.46. The van der Waals surface area contributed by atoms with E-state index < -0.39 is 28.7 Å². The van der Waals surface area contributed by atoms with Crippen molar-refractivity contribution in [2.24, 2.45) is 5.92 Å². The van der Waals surface area contributed by atoms with Crippen molar-refractivity contribution in [2.45, 2.75) is 62.8 Å². The summed E-state index contributed by atoms with van der Waals surface area (Å²) in [6, 6.07) is 6.46. The molecule has 0 spiro atoms. The van der Waals surface area contributed by atoms with Crippen molar-refractivity contribution in [3.8, 4) is 10.6 Å². The number of hydrogen-bond acceptors (Lipinski definition) is 6. The maximum absolute atomic E-state index is 13.2. The number of carboxylic acids is 1. The molecule has 1 saturated carbocycles. The summed E-state index contributed by atoms with van der Waals surface area (Å²) >= 11 is 5.93. The molecule has 2 unspecified atom stereocenters. The van der Waals surface area contributed by atoms with Crippen LogP contribution in [-0.2, 0) is 20.8 Å². The van der Waals surface area contributed by atoms with Gasteiger partial charge >= 0.3 is 5.97 Å². The van der Waals surface area contributed by atoms with E-state index in [0.717, 1.165) is 23.4 Å². The minimum Gasteiger partial charge on any atom is -0.480 e. The van der Waals surface area contributed by atoms with Gasteiger partial charge in [0.05, 0.1) is 15.8 Å². The van der Waals surface area contributed by atoms with Gasteiger partial charge in [-0.25, -0.2) is 4.79 Å². The highest BCUT2D eigenvalue weighted by molar-refractivity contribution is 7.81. The molecular formula is C23H29N3O4S2. The van der Waals surface area contributed by atoms with E-state index in [2.05, 4.69) is 28.2 Å². The number of hydrogen-bond donors (Lipinski definition) is 4. The number of aliphatic carboxylic acids is 1. The number of thiophene rings is 1. The molecule has 7 nitrogen and oxygen atoms in total. The first-order valence-corrected chi connectivity index (χ1v) is 12.1. The Morgan fingerprint density at radius 2 is 1.94 bits per heavy atom. The van der Waals surface area contributed by atoms with Gasteiger partial charge in [0.15, 0.2) is 0 Å². The van der Waals surface area contributed by atoms with Crippen LogP contribution < -0.4 is 10.6 Å². The van der Waals surface area contributed by atoms with Crippen LogP contribution in [0.25, 0.3) is 10.6 Å². The first-order chi connectivity index (χ1) is 15.2. The molecule has 2 atom stereocenters. The van der Waals surface area contributed by atoms with Crippen molar-refractivity contribution in [3.05, 3.63) is 41.4 Å². The van der Waals surface area contributed by atoms with Gasteiger partial charge in [-0.2, -0.15) is 12.6 Å². The molecule has 1 fully saturated rings. The summed E-state index contributed by atoms with van der Waals surface area (Å²) in [5, 5.41) is 16.7. The van der Waals surface area contributed by atoms with Crippen molar-refractivity contribution in [3.63, 3.8) is 0 Å². The predicted molar refractivity (Wildman–Crippen MR) is 128 cm³/mol. The molecule has 1 aliphatic rings. The fourth-order valence-electron chi connectivity index (χ4n) is 3.85. The maximum atomic E-state index is 13.2. The number of carbonyl (C=O) groups is 3. The van der Waals surface area contributed by atoms with Crippen LogP contribution in [0, 0.1) is 5.92 Å². The summed E-state index contributed by atoms with van der Waals surface area (Å²) < 4.78 is 0. The lowest BCUT2D eigenvalue weighted by Crippen LogP contribution is -2.61. The zero-order valence-electron chi connectivity index (χ0n) is 18.2. The molecule has 0 bridgehead atoms. The van der Waals surface area contributed by atoms with Crippen LogP contribution in [0.1, 0.15) is 45.1 Å². The summed E-state index contributed by atoms with van der Waals surface area (Å²) in [7, 11) is 0. The number of nitrogens with zero attached hydrogens (tertiary/aromatic N) is 1. The van der Waals surface area contributed by atoms with Crippen LogP contribution in [0.5, 0.6) is 0 Å². The number of amides is 2. The zero-order chi connectivity index (χ0) is 23.3. The first kappa shape index (κ1) is 24.3. The van der Waals surface area contributed by atoms with Gasteiger partial charge in [-0.05, 0) is 41.8 Å². The third-order valence-corrected chi connectivity index (χ3v) is 7.52. The highest BCUT2D eigenvalue weighted by atomic mass is 32.1. The Labute approximate surface area is 197 Å². The Hall–Kier alpha value is -2.39. The molecule has 2 heterocycles. The Bertz CT molecular complexity index is 939. The van der Waals surface area contributed by atoms with Gasteiger partial charge < -0.3 is 15.7 Å². The molecule has 32 heavy (non-hydrogen) atoms. The Morgan fingerprint density at radius 3 is 2.47 bits per heavy atom. The minimum absolute atomic E-state index is 0.0104. The monoisotopic (exact) mass is 475 g/mol. The lowest BCUT2D eigenvalue weighted by Gasteiger charge is -2.32. The second-order valence-electron chi connectivity index (χ2n) is 8.56. The topological polar surface area (TPSA) is 108 Å². The van der Waals surface area contributed by atoms with Crippen LogP contribution in [-0.4, -0.2) is 44.7 Å². The van der Waals surface area contributed by atoms with Crippen LogP contribution >= 0.6 is 24.0 Å². The van der Waals surface area contributed by atoms with Gasteiger partial charge in [-0.3, -0.25) is 14.6 Å². The molecule has 0 aromatic carbocycles. The van der Waals surface area contributed by atoms with Crippen molar-refractivity contribution in [1.29, 1.82) is 0 Å². The number of aromatic nitrogens is 1. The lowest BCUT2D eigenvalue weighted by molar-refractivity contribution is -0.143. The van der Waals surface area contributed by atoms with E-state index in [1.165, 1.54) is 0 Å². The van der Waals surface area contributed by atoms with Gasteiger partial charge in [0.1, 0.15) is 11.6 Å². The minimum atomic E-state index is -1.13.